The second kappa shape index (κ2) is 11.5. The van der Waals surface area contributed by atoms with E-state index in [4.69, 9.17) is 14.2 Å². The highest BCUT2D eigenvalue weighted by Gasteiger charge is 2.13. The van der Waals surface area contributed by atoms with E-state index in [1.807, 2.05) is 42.5 Å². The third-order valence-electron chi connectivity index (χ3n) is 5.65. The van der Waals surface area contributed by atoms with Crippen molar-refractivity contribution in [2.75, 3.05) is 13.2 Å². The smallest absolute Gasteiger partial charge is 0.244 e. The van der Waals surface area contributed by atoms with Crippen LogP contribution in [0.1, 0.15) is 16.7 Å². The molecule has 182 valence electrons. The molecule has 0 atom stereocenters. The quantitative estimate of drug-likeness (QED) is 0.144. The number of benzene rings is 4. The second-order valence-electron chi connectivity index (χ2n) is 8.19. The first kappa shape index (κ1) is 24.8. The fraction of sp³-hybridized carbons (Fsp3) is 0.143. The summed E-state index contributed by atoms with van der Waals surface area (Å²) < 4.78 is 19.3. The molecule has 36 heavy (non-hydrogen) atoms. The van der Waals surface area contributed by atoms with Gasteiger partial charge in [-0.05, 0) is 96.9 Å². The molecule has 0 spiro atoms. The van der Waals surface area contributed by atoms with Crippen LogP contribution in [0.15, 0.2) is 77.9 Å². The molecule has 1 N–H and O–H groups in total. The highest BCUT2D eigenvalue weighted by Crippen LogP contribution is 2.31. The molecule has 0 aromatic heterocycles. The molecule has 0 unspecified atom stereocenters. The molecule has 0 aliphatic carbocycles. The fourth-order valence-electron chi connectivity index (χ4n) is 3.96. The summed E-state index contributed by atoms with van der Waals surface area (Å²) in [5.74, 6) is 2.01. The van der Waals surface area contributed by atoms with Gasteiger partial charge in [-0.3, -0.25) is 4.79 Å². The number of nitrogens with one attached hydrogen (secondary N) is 1. The maximum absolute atomic E-state index is 12.4. The summed E-state index contributed by atoms with van der Waals surface area (Å²) in [6.45, 7) is 1.53. The van der Waals surface area contributed by atoms with Crippen LogP contribution in [0.2, 0.25) is 0 Å². The van der Waals surface area contributed by atoms with E-state index in [2.05, 4.69) is 86.0 Å². The maximum atomic E-state index is 12.4. The molecule has 0 bridgehead atoms. The van der Waals surface area contributed by atoms with Crippen molar-refractivity contribution < 1.29 is 19.0 Å². The van der Waals surface area contributed by atoms with Gasteiger partial charge in [0.2, 0.25) is 5.91 Å². The number of hydrogen-bond acceptors (Lipinski definition) is 5. The zero-order valence-corrected chi connectivity index (χ0v) is 23.5. The van der Waals surface area contributed by atoms with Crippen molar-refractivity contribution in [1.29, 1.82) is 0 Å². The van der Waals surface area contributed by atoms with Crippen LogP contribution in [0.25, 0.3) is 10.8 Å². The van der Waals surface area contributed by atoms with Gasteiger partial charge in [0.05, 0.1) is 19.8 Å². The van der Waals surface area contributed by atoms with Crippen LogP contribution in [0.3, 0.4) is 0 Å². The molecule has 8 heteroatoms. The van der Waals surface area contributed by atoms with Gasteiger partial charge in [0.1, 0.15) is 25.6 Å². The van der Waals surface area contributed by atoms with Gasteiger partial charge in [-0.2, -0.15) is 5.10 Å². The van der Waals surface area contributed by atoms with E-state index in [-0.39, 0.29) is 12.3 Å². The van der Waals surface area contributed by atoms with Crippen LogP contribution in [-0.4, -0.2) is 25.3 Å². The number of carbonyl (C=O) groups excluding carboxylic acids is 1. The Balaban J connectivity index is 1.20. The van der Waals surface area contributed by atoms with Crippen molar-refractivity contribution in [3.63, 3.8) is 0 Å². The lowest BCUT2D eigenvalue weighted by molar-refractivity contribution is -0.120. The lowest BCUT2D eigenvalue weighted by atomic mass is 10.1. The third kappa shape index (κ3) is 5.92. The number of halogens is 2. The van der Waals surface area contributed by atoms with E-state index in [9.17, 15) is 4.79 Å². The molecular weight excluding hydrogens is 682 g/mol. The molecule has 0 radical (unpaired) electrons. The van der Waals surface area contributed by atoms with E-state index in [0.717, 1.165) is 29.6 Å². The van der Waals surface area contributed by atoms with Crippen molar-refractivity contribution in [3.05, 3.63) is 96.6 Å². The summed E-state index contributed by atoms with van der Waals surface area (Å²) in [5.41, 5.74) is 5.46. The average molecular weight is 704 g/mol. The fourth-order valence-corrected chi connectivity index (χ4v) is 6.09. The molecule has 1 amide bonds. The lowest BCUT2D eigenvalue weighted by Crippen LogP contribution is -2.20. The van der Waals surface area contributed by atoms with E-state index < -0.39 is 0 Å². The number of rotatable bonds is 7. The Labute approximate surface area is 236 Å². The summed E-state index contributed by atoms with van der Waals surface area (Å²) in [6.07, 6.45) is 1.84. The van der Waals surface area contributed by atoms with Crippen LogP contribution in [-0.2, 0) is 17.8 Å². The molecule has 6 nitrogen and oxygen atoms in total. The molecule has 0 saturated heterocycles. The van der Waals surface area contributed by atoms with E-state index in [1.54, 1.807) is 6.21 Å². The molecular formula is C28H22I2N2O4. The predicted molar refractivity (Wildman–Crippen MR) is 157 cm³/mol. The Kier molecular flexibility index (Phi) is 7.90. The van der Waals surface area contributed by atoms with Gasteiger partial charge in [0.15, 0.2) is 11.5 Å². The molecule has 1 aliphatic rings. The second-order valence-corrected chi connectivity index (χ2v) is 10.5. The van der Waals surface area contributed by atoms with Crippen molar-refractivity contribution in [2.45, 2.75) is 13.0 Å². The van der Waals surface area contributed by atoms with Crippen molar-refractivity contribution in [2.24, 2.45) is 5.10 Å². The molecule has 1 aliphatic heterocycles. The number of amides is 1. The van der Waals surface area contributed by atoms with Crippen molar-refractivity contribution >= 4 is 68.1 Å². The highest BCUT2D eigenvalue weighted by molar-refractivity contribution is 14.1. The monoisotopic (exact) mass is 704 g/mol. The largest absolute Gasteiger partial charge is 0.487 e. The van der Waals surface area contributed by atoms with Crippen molar-refractivity contribution in [1.82, 2.24) is 5.43 Å². The SMILES string of the molecule is O=C(Cc1ccc2c(c1)OCCO2)N/N=C/c1cc(I)c(OCc2cccc3ccccc23)c(I)c1. The van der Waals surface area contributed by atoms with Crippen LogP contribution >= 0.6 is 45.2 Å². The van der Waals surface area contributed by atoms with Gasteiger partial charge in [-0.25, -0.2) is 5.43 Å². The van der Waals surface area contributed by atoms with Gasteiger partial charge in [-0.1, -0.05) is 48.5 Å². The molecule has 0 saturated carbocycles. The summed E-state index contributed by atoms with van der Waals surface area (Å²) in [7, 11) is 0. The highest BCUT2D eigenvalue weighted by atomic mass is 127. The number of carbonyl (C=O) groups is 1. The molecule has 4 aromatic carbocycles. The zero-order valence-electron chi connectivity index (χ0n) is 19.2. The first-order valence-electron chi connectivity index (χ1n) is 11.4. The zero-order chi connectivity index (χ0) is 24.9. The topological polar surface area (TPSA) is 69.2 Å². The van der Waals surface area contributed by atoms with Gasteiger partial charge in [0, 0.05) is 0 Å². The van der Waals surface area contributed by atoms with Crippen molar-refractivity contribution in [3.8, 4) is 17.2 Å². The van der Waals surface area contributed by atoms with Gasteiger partial charge >= 0.3 is 0 Å². The third-order valence-corrected chi connectivity index (χ3v) is 7.25. The number of ether oxygens (including phenoxy) is 3. The minimum absolute atomic E-state index is 0.198. The summed E-state index contributed by atoms with van der Waals surface area (Å²) in [6, 6.07) is 24.1. The summed E-state index contributed by atoms with van der Waals surface area (Å²) >= 11 is 4.54. The summed E-state index contributed by atoms with van der Waals surface area (Å²) in [5, 5.41) is 6.53. The van der Waals surface area contributed by atoms with Gasteiger partial charge < -0.3 is 14.2 Å². The minimum Gasteiger partial charge on any atom is -0.487 e. The minimum atomic E-state index is -0.206. The Morgan fingerprint density at radius 3 is 2.53 bits per heavy atom. The van der Waals surface area contributed by atoms with E-state index >= 15 is 0 Å². The molecule has 0 fully saturated rings. The van der Waals surface area contributed by atoms with Gasteiger partial charge in [0.25, 0.3) is 0 Å². The number of hydrazone groups is 1. The van der Waals surface area contributed by atoms with Crippen LogP contribution < -0.4 is 19.6 Å². The molecule has 5 rings (SSSR count). The average Bonchev–Trinajstić information content (AvgIpc) is 2.88. The molecule has 1 heterocycles. The standard InChI is InChI=1S/C28H22I2N2O4/c29-23-12-19(16-31-32-27(33)15-18-8-9-25-26(14-18)35-11-10-34-25)13-24(30)28(23)36-17-21-6-3-5-20-4-1-2-7-22(20)21/h1-9,12-14,16H,10-11,15,17H2,(H,32,33)/b31-16+. The first-order valence-corrected chi connectivity index (χ1v) is 13.5. The normalized spacial score (nSPS) is 12.6. The Bertz CT molecular complexity index is 1430. The number of fused-ring (bicyclic) bond motifs is 2. The predicted octanol–water partition coefficient (Wildman–Crippen LogP) is 6.09. The van der Waals surface area contributed by atoms with Crippen LogP contribution in [0, 0.1) is 7.14 Å². The van der Waals surface area contributed by atoms with Gasteiger partial charge in [-0.15, -0.1) is 0 Å². The van der Waals surface area contributed by atoms with E-state index in [0.29, 0.717) is 31.3 Å². The van der Waals surface area contributed by atoms with Crippen LogP contribution in [0.4, 0.5) is 0 Å². The number of hydrogen-bond donors (Lipinski definition) is 1. The van der Waals surface area contributed by atoms with Crippen LogP contribution in [0.5, 0.6) is 17.2 Å². The summed E-state index contributed by atoms with van der Waals surface area (Å²) in [4.78, 5) is 12.4. The Hall–Kier alpha value is -2.86. The maximum Gasteiger partial charge on any atom is 0.244 e. The Morgan fingerprint density at radius 2 is 1.69 bits per heavy atom. The lowest BCUT2D eigenvalue weighted by Gasteiger charge is -2.18. The number of nitrogens with zero attached hydrogens (tertiary/aromatic N) is 1. The molecule has 4 aromatic rings. The first-order chi connectivity index (χ1) is 17.6. The van der Waals surface area contributed by atoms with E-state index in [1.165, 1.54) is 10.8 Å². The Morgan fingerprint density at radius 1 is 0.944 bits per heavy atom.